The maximum Gasteiger partial charge on any atom is 0.178 e. The summed E-state index contributed by atoms with van der Waals surface area (Å²) < 4.78 is 1.90. The molecule has 0 amide bonds. The molecule has 0 atom stereocenters. The van der Waals surface area contributed by atoms with Crippen LogP contribution in [0.3, 0.4) is 0 Å². The number of carbonyl (C=O) groups is 1. The molecule has 1 aliphatic rings. The largest absolute Gasteiger partial charge is 0.302 e. The molecule has 3 nitrogen and oxygen atoms in total. The molecule has 112 valence electrons. The van der Waals surface area contributed by atoms with Crippen molar-refractivity contribution in [3.8, 4) is 0 Å². The average molecular weight is 424 g/mol. The van der Waals surface area contributed by atoms with Crippen molar-refractivity contribution in [1.29, 1.82) is 0 Å². The molecule has 0 N–H and O–H groups in total. The summed E-state index contributed by atoms with van der Waals surface area (Å²) in [6.07, 6.45) is 3.75. The molecule has 1 aromatic rings. The molecule has 6 heteroatoms. The van der Waals surface area contributed by atoms with Gasteiger partial charge in [0.1, 0.15) is 0 Å². The van der Waals surface area contributed by atoms with Gasteiger partial charge in [-0.05, 0) is 78.3 Å². The first-order valence-corrected chi connectivity index (χ1v) is 9.08. The minimum atomic E-state index is 0.176. The van der Waals surface area contributed by atoms with Gasteiger partial charge in [0.2, 0.25) is 0 Å². The van der Waals surface area contributed by atoms with E-state index in [-0.39, 0.29) is 11.3 Å². The third-order valence-electron chi connectivity index (χ3n) is 4.17. The highest BCUT2D eigenvalue weighted by Crippen LogP contribution is 2.37. The topological polar surface area (TPSA) is 23.6 Å². The highest BCUT2D eigenvalue weighted by molar-refractivity contribution is 9.12. The minimum Gasteiger partial charge on any atom is -0.302 e. The number of hydrogen-bond acceptors (Lipinski definition) is 4. The molecule has 1 saturated carbocycles. The SMILES string of the molecule is CN(CC(=O)c1cc(Br)sc1Br)CC1(N(C)C)CCC1. The number of carbonyl (C=O) groups excluding carboxylic acids is 1. The van der Waals surface area contributed by atoms with Crippen LogP contribution in [-0.4, -0.2) is 55.4 Å². The zero-order valence-electron chi connectivity index (χ0n) is 12.1. The first-order valence-electron chi connectivity index (χ1n) is 6.68. The summed E-state index contributed by atoms with van der Waals surface area (Å²) in [6.45, 7) is 1.42. The Morgan fingerprint density at radius 3 is 2.40 bits per heavy atom. The van der Waals surface area contributed by atoms with Gasteiger partial charge in [-0.1, -0.05) is 0 Å². The molecular weight excluding hydrogens is 404 g/mol. The van der Waals surface area contributed by atoms with Crippen molar-refractivity contribution in [3.05, 3.63) is 19.2 Å². The van der Waals surface area contributed by atoms with Crippen LogP contribution in [0.15, 0.2) is 13.6 Å². The summed E-state index contributed by atoms with van der Waals surface area (Å²) in [5.74, 6) is 0.176. The van der Waals surface area contributed by atoms with Gasteiger partial charge in [0.05, 0.1) is 14.1 Å². The van der Waals surface area contributed by atoms with Gasteiger partial charge in [-0.15, -0.1) is 11.3 Å². The van der Waals surface area contributed by atoms with Gasteiger partial charge in [-0.25, -0.2) is 0 Å². The van der Waals surface area contributed by atoms with E-state index >= 15 is 0 Å². The van der Waals surface area contributed by atoms with E-state index in [4.69, 9.17) is 0 Å². The van der Waals surface area contributed by atoms with Crippen LogP contribution in [0.25, 0.3) is 0 Å². The van der Waals surface area contributed by atoms with Crippen LogP contribution in [-0.2, 0) is 0 Å². The van der Waals surface area contributed by atoms with Crippen LogP contribution in [0.5, 0.6) is 0 Å². The number of ketones is 1. The zero-order valence-corrected chi connectivity index (χ0v) is 16.1. The fourth-order valence-corrected chi connectivity index (χ4v) is 5.61. The van der Waals surface area contributed by atoms with E-state index in [1.54, 1.807) is 11.3 Å². The second-order valence-electron chi connectivity index (χ2n) is 5.81. The number of halogens is 2. The summed E-state index contributed by atoms with van der Waals surface area (Å²) in [4.78, 5) is 16.8. The van der Waals surface area contributed by atoms with Crippen LogP contribution in [0.1, 0.15) is 29.6 Å². The van der Waals surface area contributed by atoms with Crippen LogP contribution in [0, 0.1) is 0 Å². The number of rotatable bonds is 6. The molecule has 0 aliphatic heterocycles. The van der Waals surface area contributed by atoms with Crippen LogP contribution >= 0.6 is 43.2 Å². The maximum atomic E-state index is 12.4. The van der Waals surface area contributed by atoms with Crippen molar-refractivity contribution in [2.75, 3.05) is 34.2 Å². The average Bonchev–Trinajstić information content (AvgIpc) is 2.62. The lowest BCUT2D eigenvalue weighted by Gasteiger charge is -2.49. The second-order valence-corrected chi connectivity index (χ2v) is 9.56. The van der Waals surface area contributed by atoms with Crippen LogP contribution in [0.2, 0.25) is 0 Å². The van der Waals surface area contributed by atoms with E-state index in [1.165, 1.54) is 19.3 Å². The first kappa shape index (κ1) is 16.6. The van der Waals surface area contributed by atoms with Gasteiger partial charge in [-0.3, -0.25) is 9.69 Å². The van der Waals surface area contributed by atoms with Crippen LogP contribution in [0.4, 0.5) is 0 Å². The fourth-order valence-electron chi connectivity index (χ4n) is 2.75. The molecule has 0 unspecified atom stereocenters. The highest BCUT2D eigenvalue weighted by atomic mass is 79.9. The van der Waals surface area contributed by atoms with Gasteiger partial charge in [0.15, 0.2) is 5.78 Å². The summed E-state index contributed by atoms with van der Waals surface area (Å²) >= 11 is 8.42. The molecule has 1 heterocycles. The molecule has 0 spiro atoms. The Balaban J connectivity index is 1.96. The monoisotopic (exact) mass is 422 g/mol. The number of likely N-dealkylation sites (N-methyl/N-ethyl adjacent to an activating group) is 2. The number of Topliss-reactive ketones (excluding diaryl/α,β-unsaturated/α-hetero) is 1. The predicted octanol–water partition coefficient (Wildman–Crippen LogP) is 3.87. The van der Waals surface area contributed by atoms with E-state index < -0.39 is 0 Å². The molecule has 0 radical (unpaired) electrons. The second kappa shape index (κ2) is 6.57. The third-order valence-corrected chi connectivity index (χ3v) is 6.51. The Hall–Kier alpha value is 0.250. The van der Waals surface area contributed by atoms with Crippen molar-refractivity contribution in [2.45, 2.75) is 24.8 Å². The molecule has 1 fully saturated rings. The molecular formula is C14H20Br2N2OS. The normalized spacial score (nSPS) is 17.6. The predicted molar refractivity (Wildman–Crippen MR) is 91.8 cm³/mol. The summed E-state index contributed by atoms with van der Waals surface area (Å²) in [5, 5.41) is 0. The van der Waals surface area contributed by atoms with E-state index in [2.05, 4.69) is 55.8 Å². The Bertz CT molecular complexity index is 497. The van der Waals surface area contributed by atoms with Crippen molar-refractivity contribution in [2.24, 2.45) is 0 Å². The van der Waals surface area contributed by atoms with Gasteiger partial charge in [0.25, 0.3) is 0 Å². The molecule has 2 rings (SSSR count). The van der Waals surface area contributed by atoms with Crippen molar-refractivity contribution >= 4 is 49.0 Å². The quantitative estimate of drug-likeness (QED) is 0.648. The number of nitrogens with zero attached hydrogens (tertiary/aromatic N) is 2. The van der Waals surface area contributed by atoms with Crippen molar-refractivity contribution in [1.82, 2.24) is 9.80 Å². The lowest BCUT2D eigenvalue weighted by Crippen LogP contribution is -2.57. The van der Waals surface area contributed by atoms with E-state index in [0.717, 1.165) is 19.7 Å². The van der Waals surface area contributed by atoms with Gasteiger partial charge in [0, 0.05) is 17.6 Å². The molecule has 0 saturated heterocycles. The van der Waals surface area contributed by atoms with Crippen LogP contribution < -0.4 is 0 Å². The smallest absolute Gasteiger partial charge is 0.178 e. The standard InChI is InChI=1S/C14H20Br2N2OS/c1-17(2)14(5-4-6-14)9-18(3)8-11(19)10-7-12(15)20-13(10)16/h7H,4-6,8-9H2,1-3H3. The maximum absolute atomic E-state index is 12.4. The Morgan fingerprint density at radius 2 is 2.00 bits per heavy atom. The van der Waals surface area contributed by atoms with Gasteiger partial charge >= 0.3 is 0 Å². The van der Waals surface area contributed by atoms with E-state index in [0.29, 0.717) is 6.54 Å². The number of thiophene rings is 1. The zero-order chi connectivity index (χ0) is 14.9. The molecule has 1 aromatic heterocycles. The van der Waals surface area contributed by atoms with E-state index in [9.17, 15) is 4.79 Å². The van der Waals surface area contributed by atoms with Gasteiger partial charge < -0.3 is 4.90 Å². The third kappa shape index (κ3) is 3.53. The Labute approximate surface area is 141 Å². The van der Waals surface area contributed by atoms with Crippen molar-refractivity contribution < 1.29 is 4.79 Å². The lowest BCUT2D eigenvalue weighted by atomic mass is 9.75. The van der Waals surface area contributed by atoms with Gasteiger partial charge in [-0.2, -0.15) is 0 Å². The molecule has 1 aliphatic carbocycles. The number of hydrogen-bond donors (Lipinski definition) is 0. The molecule has 20 heavy (non-hydrogen) atoms. The summed E-state index contributed by atoms with van der Waals surface area (Å²) in [6, 6.07) is 1.90. The van der Waals surface area contributed by atoms with E-state index in [1.807, 2.05) is 13.1 Å². The minimum absolute atomic E-state index is 0.176. The lowest BCUT2D eigenvalue weighted by molar-refractivity contribution is 0.0280. The Kier molecular flexibility index (Phi) is 5.46. The highest BCUT2D eigenvalue weighted by Gasteiger charge is 2.40. The molecule has 0 aromatic carbocycles. The molecule has 0 bridgehead atoms. The first-order chi connectivity index (χ1) is 9.34. The summed E-state index contributed by atoms with van der Waals surface area (Å²) in [7, 11) is 6.32. The summed E-state index contributed by atoms with van der Waals surface area (Å²) in [5.41, 5.74) is 1.04. The Morgan fingerprint density at radius 1 is 1.35 bits per heavy atom. The fraction of sp³-hybridized carbons (Fsp3) is 0.643. The van der Waals surface area contributed by atoms with Crippen molar-refractivity contribution in [3.63, 3.8) is 0 Å².